The Balaban J connectivity index is 2.69. The zero-order chi connectivity index (χ0) is 11.3. The van der Waals surface area contributed by atoms with Crippen molar-refractivity contribution in [2.45, 2.75) is 53.0 Å². The molecule has 0 spiro atoms. The SMILES string of the molecule is CCCC(CC)Nc1cc(C)nc(C)n1. The molecule has 0 aromatic carbocycles. The lowest BCUT2D eigenvalue weighted by molar-refractivity contribution is 0.619. The third kappa shape index (κ3) is 3.86. The Morgan fingerprint density at radius 1 is 1.27 bits per heavy atom. The largest absolute Gasteiger partial charge is 0.367 e. The Kier molecular flexibility index (Phi) is 4.53. The van der Waals surface area contributed by atoms with Crippen LogP contribution < -0.4 is 5.32 Å². The van der Waals surface area contributed by atoms with Crippen LogP contribution in [0.4, 0.5) is 5.82 Å². The second-order valence-corrected chi connectivity index (χ2v) is 3.98. The summed E-state index contributed by atoms with van der Waals surface area (Å²) in [6.07, 6.45) is 3.53. The lowest BCUT2D eigenvalue weighted by Crippen LogP contribution is -2.19. The summed E-state index contributed by atoms with van der Waals surface area (Å²) in [6, 6.07) is 2.54. The van der Waals surface area contributed by atoms with E-state index < -0.39 is 0 Å². The van der Waals surface area contributed by atoms with E-state index in [4.69, 9.17) is 0 Å². The van der Waals surface area contributed by atoms with E-state index >= 15 is 0 Å². The van der Waals surface area contributed by atoms with Gasteiger partial charge in [0, 0.05) is 17.8 Å². The molecule has 1 N–H and O–H groups in total. The molecule has 3 heteroatoms. The summed E-state index contributed by atoms with van der Waals surface area (Å²) in [4.78, 5) is 8.64. The first kappa shape index (κ1) is 12.0. The molecule has 0 saturated carbocycles. The summed E-state index contributed by atoms with van der Waals surface area (Å²) in [7, 11) is 0. The quantitative estimate of drug-likeness (QED) is 0.806. The van der Waals surface area contributed by atoms with E-state index in [1.54, 1.807) is 0 Å². The molecule has 0 radical (unpaired) electrons. The van der Waals surface area contributed by atoms with Crippen molar-refractivity contribution in [2.24, 2.45) is 0 Å². The van der Waals surface area contributed by atoms with Crippen molar-refractivity contribution in [3.05, 3.63) is 17.6 Å². The fourth-order valence-corrected chi connectivity index (χ4v) is 1.73. The number of hydrogen-bond acceptors (Lipinski definition) is 3. The molecule has 0 fully saturated rings. The van der Waals surface area contributed by atoms with Crippen LogP contribution in [0.2, 0.25) is 0 Å². The number of hydrogen-bond donors (Lipinski definition) is 1. The van der Waals surface area contributed by atoms with E-state index in [1.807, 2.05) is 19.9 Å². The molecule has 1 heterocycles. The van der Waals surface area contributed by atoms with Crippen LogP contribution in [0.15, 0.2) is 6.07 Å². The predicted octanol–water partition coefficient (Wildman–Crippen LogP) is 3.08. The second kappa shape index (κ2) is 5.69. The fourth-order valence-electron chi connectivity index (χ4n) is 1.73. The van der Waals surface area contributed by atoms with Gasteiger partial charge in [-0.1, -0.05) is 20.3 Å². The number of nitrogens with zero attached hydrogens (tertiary/aromatic N) is 2. The van der Waals surface area contributed by atoms with Gasteiger partial charge in [-0.05, 0) is 26.7 Å². The van der Waals surface area contributed by atoms with E-state index in [9.17, 15) is 0 Å². The highest BCUT2D eigenvalue weighted by atomic mass is 15.0. The molecule has 0 aliphatic carbocycles. The van der Waals surface area contributed by atoms with Crippen molar-refractivity contribution >= 4 is 5.82 Å². The van der Waals surface area contributed by atoms with Gasteiger partial charge in [0.15, 0.2) is 0 Å². The summed E-state index contributed by atoms with van der Waals surface area (Å²) in [5, 5.41) is 3.46. The topological polar surface area (TPSA) is 37.8 Å². The van der Waals surface area contributed by atoms with E-state index in [1.165, 1.54) is 12.8 Å². The van der Waals surface area contributed by atoms with Gasteiger partial charge >= 0.3 is 0 Å². The van der Waals surface area contributed by atoms with Gasteiger partial charge in [0.1, 0.15) is 11.6 Å². The third-order valence-corrected chi connectivity index (χ3v) is 2.45. The molecule has 0 saturated heterocycles. The van der Waals surface area contributed by atoms with Crippen molar-refractivity contribution in [3.8, 4) is 0 Å². The van der Waals surface area contributed by atoms with Gasteiger partial charge in [-0.15, -0.1) is 0 Å². The summed E-state index contributed by atoms with van der Waals surface area (Å²) in [5.74, 6) is 1.80. The highest BCUT2D eigenvalue weighted by Gasteiger charge is 2.06. The molecule has 0 bridgehead atoms. The van der Waals surface area contributed by atoms with Crippen molar-refractivity contribution in [1.29, 1.82) is 0 Å². The first-order chi connectivity index (χ1) is 7.15. The van der Waals surface area contributed by atoms with Gasteiger partial charge in [-0.3, -0.25) is 0 Å². The van der Waals surface area contributed by atoms with Crippen molar-refractivity contribution in [2.75, 3.05) is 5.32 Å². The molecule has 0 amide bonds. The van der Waals surface area contributed by atoms with Gasteiger partial charge in [0.2, 0.25) is 0 Å². The van der Waals surface area contributed by atoms with E-state index in [2.05, 4.69) is 29.1 Å². The van der Waals surface area contributed by atoms with Crippen LogP contribution in [-0.4, -0.2) is 16.0 Å². The highest BCUT2D eigenvalue weighted by Crippen LogP contribution is 2.11. The summed E-state index contributed by atoms with van der Waals surface area (Å²) >= 11 is 0. The molecule has 84 valence electrons. The van der Waals surface area contributed by atoms with Gasteiger partial charge in [0.25, 0.3) is 0 Å². The van der Waals surface area contributed by atoms with Gasteiger partial charge in [-0.2, -0.15) is 0 Å². The van der Waals surface area contributed by atoms with Gasteiger partial charge in [0.05, 0.1) is 0 Å². The maximum absolute atomic E-state index is 4.38. The van der Waals surface area contributed by atoms with Crippen molar-refractivity contribution < 1.29 is 0 Å². The molecule has 0 aliphatic heterocycles. The Labute approximate surface area is 92.3 Å². The molecule has 1 aromatic rings. The number of aryl methyl sites for hydroxylation is 2. The summed E-state index contributed by atoms with van der Waals surface area (Å²) in [6.45, 7) is 8.34. The Morgan fingerprint density at radius 3 is 2.53 bits per heavy atom. The van der Waals surface area contributed by atoms with Crippen LogP contribution in [0.25, 0.3) is 0 Å². The minimum Gasteiger partial charge on any atom is -0.367 e. The Hall–Kier alpha value is -1.12. The van der Waals surface area contributed by atoms with Crippen molar-refractivity contribution in [1.82, 2.24) is 9.97 Å². The zero-order valence-electron chi connectivity index (χ0n) is 10.2. The van der Waals surface area contributed by atoms with Crippen molar-refractivity contribution in [3.63, 3.8) is 0 Å². The number of aromatic nitrogens is 2. The minimum atomic E-state index is 0.531. The van der Waals surface area contributed by atoms with Gasteiger partial charge < -0.3 is 5.32 Å². The van der Waals surface area contributed by atoms with E-state index in [0.717, 1.165) is 23.8 Å². The predicted molar refractivity (Wildman–Crippen MR) is 64.1 cm³/mol. The average molecular weight is 207 g/mol. The molecule has 1 aromatic heterocycles. The third-order valence-electron chi connectivity index (χ3n) is 2.45. The molecule has 15 heavy (non-hydrogen) atoms. The van der Waals surface area contributed by atoms with Crippen LogP contribution in [0.1, 0.15) is 44.6 Å². The Morgan fingerprint density at radius 2 is 2.00 bits per heavy atom. The van der Waals surface area contributed by atoms with Gasteiger partial charge in [-0.25, -0.2) is 9.97 Å². The van der Waals surface area contributed by atoms with Crippen LogP contribution in [0.3, 0.4) is 0 Å². The molecule has 1 atom stereocenters. The average Bonchev–Trinajstić information content (AvgIpc) is 2.15. The molecule has 1 rings (SSSR count). The number of anilines is 1. The highest BCUT2D eigenvalue weighted by molar-refractivity contribution is 5.36. The first-order valence-corrected chi connectivity index (χ1v) is 5.74. The second-order valence-electron chi connectivity index (χ2n) is 3.98. The first-order valence-electron chi connectivity index (χ1n) is 5.74. The normalized spacial score (nSPS) is 12.5. The molecular weight excluding hydrogens is 186 g/mol. The maximum atomic E-state index is 4.38. The molecule has 3 nitrogen and oxygen atoms in total. The zero-order valence-corrected chi connectivity index (χ0v) is 10.2. The molecular formula is C12H21N3. The maximum Gasteiger partial charge on any atom is 0.130 e. The van der Waals surface area contributed by atoms with E-state index in [0.29, 0.717) is 6.04 Å². The van der Waals surface area contributed by atoms with Crippen LogP contribution in [0.5, 0.6) is 0 Å². The minimum absolute atomic E-state index is 0.531. The smallest absolute Gasteiger partial charge is 0.130 e. The van der Waals surface area contributed by atoms with Crippen LogP contribution >= 0.6 is 0 Å². The monoisotopic (exact) mass is 207 g/mol. The van der Waals surface area contributed by atoms with E-state index in [-0.39, 0.29) is 0 Å². The fraction of sp³-hybridized carbons (Fsp3) is 0.667. The summed E-state index contributed by atoms with van der Waals surface area (Å²) < 4.78 is 0. The number of nitrogens with one attached hydrogen (secondary N) is 1. The standard InChI is InChI=1S/C12H21N3/c1-5-7-11(6-2)15-12-8-9(3)13-10(4)14-12/h8,11H,5-7H2,1-4H3,(H,13,14,15). The lowest BCUT2D eigenvalue weighted by Gasteiger charge is -2.17. The Bertz CT molecular complexity index is 289. The molecule has 0 aliphatic rings. The number of rotatable bonds is 5. The van der Waals surface area contributed by atoms with Crippen LogP contribution in [-0.2, 0) is 0 Å². The van der Waals surface area contributed by atoms with Crippen LogP contribution in [0, 0.1) is 13.8 Å². The summed E-state index contributed by atoms with van der Waals surface area (Å²) in [5.41, 5.74) is 1.02. The lowest BCUT2D eigenvalue weighted by atomic mass is 10.1. The molecule has 1 unspecified atom stereocenters.